The number of nitrogens with two attached hydrogens (primary N) is 1. The lowest BCUT2D eigenvalue weighted by atomic mass is 9.83. The highest BCUT2D eigenvalue weighted by molar-refractivity contribution is 7.85. The van der Waals surface area contributed by atoms with Gasteiger partial charge in [0.25, 0.3) is 0 Å². The van der Waals surface area contributed by atoms with Crippen LogP contribution in [0.4, 0.5) is 5.69 Å². The Morgan fingerprint density at radius 3 is 2.76 bits per heavy atom. The minimum absolute atomic E-state index is 0.103. The van der Waals surface area contributed by atoms with Gasteiger partial charge in [-0.1, -0.05) is 25.3 Å². The average molecular weight is 307 g/mol. The van der Waals surface area contributed by atoms with Gasteiger partial charge in [0.1, 0.15) is 0 Å². The van der Waals surface area contributed by atoms with Crippen molar-refractivity contribution in [1.29, 1.82) is 0 Å². The van der Waals surface area contributed by atoms with E-state index in [0.717, 1.165) is 23.3 Å². The number of anilines is 1. The summed E-state index contributed by atoms with van der Waals surface area (Å²) in [5.74, 6) is 0.578. The molecule has 1 aromatic carbocycles. The van der Waals surface area contributed by atoms with Gasteiger partial charge in [-0.3, -0.25) is 4.21 Å². The van der Waals surface area contributed by atoms with Crippen LogP contribution < -0.4 is 5.73 Å². The van der Waals surface area contributed by atoms with Gasteiger partial charge in [-0.05, 0) is 50.3 Å². The standard InChI is InChI=1S/C17H25NO2S/c1-13-5-6-16(15(18)11-13)21(19)12-14-7-10-17(20-14)8-3-2-4-9-17/h5-6,11,14H,2-4,7-10,12,18H2,1H3. The van der Waals surface area contributed by atoms with Crippen LogP contribution in [0.15, 0.2) is 23.1 Å². The summed E-state index contributed by atoms with van der Waals surface area (Å²) in [7, 11) is -1.06. The molecule has 2 aliphatic rings. The predicted molar refractivity (Wildman–Crippen MR) is 86.8 cm³/mol. The van der Waals surface area contributed by atoms with Gasteiger partial charge in [-0.2, -0.15) is 0 Å². The summed E-state index contributed by atoms with van der Waals surface area (Å²) in [6.07, 6.45) is 8.56. The van der Waals surface area contributed by atoms with Crippen molar-refractivity contribution in [2.75, 3.05) is 11.5 Å². The van der Waals surface area contributed by atoms with Crippen molar-refractivity contribution < 1.29 is 8.95 Å². The van der Waals surface area contributed by atoms with Gasteiger partial charge in [0.2, 0.25) is 0 Å². The van der Waals surface area contributed by atoms with Crippen molar-refractivity contribution in [2.45, 2.75) is 68.5 Å². The van der Waals surface area contributed by atoms with Crippen molar-refractivity contribution >= 4 is 16.5 Å². The molecule has 0 radical (unpaired) electrons. The van der Waals surface area contributed by atoms with E-state index >= 15 is 0 Å². The Morgan fingerprint density at radius 2 is 2.05 bits per heavy atom. The summed E-state index contributed by atoms with van der Waals surface area (Å²) < 4.78 is 18.9. The lowest BCUT2D eigenvalue weighted by Gasteiger charge is -2.33. The van der Waals surface area contributed by atoms with Crippen LogP contribution in [0.5, 0.6) is 0 Å². The maximum Gasteiger partial charge on any atom is 0.0702 e. The highest BCUT2D eigenvalue weighted by Crippen LogP contribution is 2.42. The highest BCUT2D eigenvalue weighted by Gasteiger charge is 2.41. The second-order valence-corrected chi connectivity index (χ2v) is 8.04. The van der Waals surface area contributed by atoms with Gasteiger partial charge >= 0.3 is 0 Å². The minimum atomic E-state index is -1.06. The molecule has 2 fully saturated rings. The fraction of sp³-hybridized carbons (Fsp3) is 0.647. The Hall–Kier alpha value is -0.870. The van der Waals surface area contributed by atoms with Crippen LogP contribution in [-0.2, 0) is 15.5 Å². The van der Waals surface area contributed by atoms with Crippen molar-refractivity contribution in [1.82, 2.24) is 0 Å². The molecular formula is C17H25NO2S. The van der Waals surface area contributed by atoms with E-state index in [1.54, 1.807) is 0 Å². The zero-order valence-electron chi connectivity index (χ0n) is 12.8. The number of hydrogen-bond acceptors (Lipinski definition) is 3. The molecular weight excluding hydrogens is 282 g/mol. The molecule has 1 spiro atoms. The first-order chi connectivity index (χ1) is 10.1. The Bertz CT molecular complexity index is 538. The van der Waals surface area contributed by atoms with Gasteiger partial charge < -0.3 is 10.5 Å². The maximum atomic E-state index is 12.6. The van der Waals surface area contributed by atoms with Crippen molar-refractivity contribution in [2.24, 2.45) is 0 Å². The normalized spacial score (nSPS) is 26.0. The summed E-state index contributed by atoms with van der Waals surface area (Å²) in [4.78, 5) is 0.758. The molecule has 21 heavy (non-hydrogen) atoms. The molecule has 2 unspecified atom stereocenters. The quantitative estimate of drug-likeness (QED) is 0.869. The smallest absolute Gasteiger partial charge is 0.0702 e. The average Bonchev–Trinajstić information content (AvgIpc) is 2.82. The summed E-state index contributed by atoms with van der Waals surface area (Å²) >= 11 is 0. The molecule has 3 nitrogen and oxygen atoms in total. The lowest BCUT2D eigenvalue weighted by Crippen LogP contribution is -2.32. The SMILES string of the molecule is Cc1ccc(S(=O)CC2CCC3(CCCCC3)O2)c(N)c1. The van der Waals surface area contributed by atoms with E-state index < -0.39 is 10.8 Å². The van der Waals surface area contributed by atoms with Gasteiger partial charge in [-0.15, -0.1) is 0 Å². The van der Waals surface area contributed by atoms with E-state index in [-0.39, 0.29) is 11.7 Å². The highest BCUT2D eigenvalue weighted by atomic mass is 32.2. The molecule has 4 heteroatoms. The van der Waals surface area contributed by atoms with Crippen molar-refractivity contribution in [3.63, 3.8) is 0 Å². The van der Waals surface area contributed by atoms with Gasteiger partial charge in [0.15, 0.2) is 0 Å². The van der Waals surface area contributed by atoms with Crippen molar-refractivity contribution in [3.8, 4) is 0 Å². The first-order valence-electron chi connectivity index (χ1n) is 8.00. The predicted octanol–water partition coefficient (Wildman–Crippen LogP) is 3.57. The van der Waals surface area contributed by atoms with Crippen LogP contribution in [0, 0.1) is 6.92 Å². The van der Waals surface area contributed by atoms with Crippen molar-refractivity contribution in [3.05, 3.63) is 23.8 Å². The number of nitrogen functional groups attached to an aromatic ring is 1. The topological polar surface area (TPSA) is 52.3 Å². The number of hydrogen-bond donors (Lipinski definition) is 1. The molecule has 0 amide bonds. The Kier molecular flexibility index (Phi) is 4.36. The molecule has 1 aromatic rings. The molecule has 1 saturated carbocycles. The third kappa shape index (κ3) is 3.32. The molecule has 2 atom stereocenters. The summed E-state index contributed by atoms with van der Waals surface area (Å²) in [6.45, 7) is 2.00. The van der Waals surface area contributed by atoms with Gasteiger partial charge in [0.05, 0.1) is 33.2 Å². The Morgan fingerprint density at radius 1 is 1.29 bits per heavy atom. The van der Waals surface area contributed by atoms with E-state index in [4.69, 9.17) is 10.5 Å². The van der Waals surface area contributed by atoms with Crippen LogP contribution in [0.1, 0.15) is 50.5 Å². The summed E-state index contributed by atoms with van der Waals surface area (Å²) in [5.41, 5.74) is 7.84. The summed E-state index contributed by atoms with van der Waals surface area (Å²) in [5, 5.41) is 0. The second-order valence-electron chi connectivity index (χ2n) is 6.58. The van der Waals surface area contributed by atoms with Crippen LogP contribution in [0.25, 0.3) is 0 Å². The molecule has 1 heterocycles. The molecule has 1 aliphatic carbocycles. The fourth-order valence-electron chi connectivity index (χ4n) is 3.71. The van der Waals surface area contributed by atoms with E-state index in [9.17, 15) is 4.21 Å². The molecule has 1 saturated heterocycles. The molecule has 1 aliphatic heterocycles. The maximum absolute atomic E-state index is 12.6. The third-order valence-electron chi connectivity index (χ3n) is 4.85. The van der Waals surface area contributed by atoms with Crippen LogP contribution in [0.3, 0.4) is 0 Å². The molecule has 3 rings (SSSR count). The Balaban J connectivity index is 1.63. The van der Waals surface area contributed by atoms with E-state index in [2.05, 4.69) is 0 Å². The fourth-order valence-corrected chi connectivity index (χ4v) is 5.00. The van der Waals surface area contributed by atoms with Gasteiger partial charge in [-0.25, -0.2) is 0 Å². The molecule has 116 valence electrons. The first-order valence-corrected chi connectivity index (χ1v) is 9.32. The number of aryl methyl sites for hydroxylation is 1. The second kappa shape index (κ2) is 6.09. The van der Waals surface area contributed by atoms with E-state index in [1.807, 2.05) is 25.1 Å². The minimum Gasteiger partial charge on any atom is -0.398 e. The molecule has 0 aromatic heterocycles. The molecule has 2 N–H and O–H groups in total. The van der Waals surface area contributed by atoms with Crippen LogP contribution >= 0.6 is 0 Å². The lowest BCUT2D eigenvalue weighted by molar-refractivity contribution is -0.0557. The number of rotatable bonds is 3. The van der Waals surface area contributed by atoms with Gasteiger partial charge in [0, 0.05) is 5.69 Å². The zero-order valence-corrected chi connectivity index (χ0v) is 13.6. The van der Waals surface area contributed by atoms with Crippen LogP contribution in [-0.4, -0.2) is 21.7 Å². The Labute approximate surface area is 129 Å². The zero-order chi connectivity index (χ0) is 14.9. The largest absolute Gasteiger partial charge is 0.398 e. The number of ether oxygens (including phenoxy) is 1. The van der Waals surface area contributed by atoms with E-state index in [0.29, 0.717) is 11.4 Å². The first kappa shape index (κ1) is 15.0. The molecule has 0 bridgehead atoms. The third-order valence-corrected chi connectivity index (χ3v) is 6.39. The van der Waals surface area contributed by atoms with Crippen LogP contribution in [0.2, 0.25) is 0 Å². The number of benzene rings is 1. The monoisotopic (exact) mass is 307 g/mol. The van der Waals surface area contributed by atoms with E-state index in [1.165, 1.54) is 32.1 Å². The summed E-state index contributed by atoms with van der Waals surface area (Å²) in [6, 6.07) is 5.76.